The van der Waals surface area contributed by atoms with Crippen LogP contribution in [-0.4, -0.2) is 53.0 Å². The van der Waals surface area contributed by atoms with Crippen molar-refractivity contribution in [3.05, 3.63) is 0 Å². The standard InChI is InChI=1S/C12H19F4NO2S2/c1-4-17(5-2)11(20)21-6-8(3)9(18)19-7-12(15,16)10(13)14/h8,10H,4-7H2,1-3H3. The molecule has 21 heavy (non-hydrogen) atoms. The number of thiocarbonyl (C=S) groups is 1. The molecule has 124 valence electrons. The Morgan fingerprint density at radius 1 is 1.33 bits per heavy atom. The normalized spacial score (nSPS) is 13.1. The molecule has 0 aromatic rings. The van der Waals surface area contributed by atoms with E-state index in [2.05, 4.69) is 4.74 Å². The van der Waals surface area contributed by atoms with Crippen LogP contribution in [0.5, 0.6) is 0 Å². The fourth-order valence-corrected chi connectivity index (χ4v) is 2.64. The molecule has 0 radical (unpaired) electrons. The number of rotatable bonds is 8. The van der Waals surface area contributed by atoms with Crippen LogP contribution >= 0.6 is 24.0 Å². The molecule has 0 heterocycles. The maximum Gasteiger partial charge on any atom is 0.340 e. The van der Waals surface area contributed by atoms with Gasteiger partial charge in [0.05, 0.1) is 5.92 Å². The second-order valence-electron chi connectivity index (χ2n) is 4.32. The van der Waals surface area contributed by atoms with Crippen LogP contribution in [0.2, 0.25) is 0 Å². The van der Waals surface area contributed by atoms with Crippen molar-refractivity contribution in [1.29, 1.82) is 0 Å². The first-order chi connectivity index (χ1) is 9.65. The highest BCUT2D eigenvalue weighted by Gasteiger charge is 2.42. The molecule has 0 aliphatic rings. The van der Waals surface area contributed by atoms with E-state index in [1.165, 1.54) is 18.7 Å². The number of alkyl halides is 4. The number of hydrogen-bond acceptors (Lipinski definition) is 4. The van der Waals surface area contributed by atoms with Crippen LogP contribution in [0.4, 0.5) is 17.6 Å². The maximum atomic E-state index is 12.6. The number of hydrogen-bond donors (Lipinski definition) is 0. The summed E-state index contributed by atoms with van der Waals surface area (Å²) in [7, 11) is 0. The Morgan fingerprint density at radius 2 is 1.86 bits per heavy atom. The van der Waals surface area contributed by atoms with Crippen LogP contribution in [-0.2, 0) is 9.53 Å². The van der Waals surface area contributed by atoms with Crippen molar-refractivity contribution in [2.45, 2.75) is 33.1 Å². The smallest absolute Gasteiger partial charge is 0.340 e. The Bertz CT molecular complexity index is 352. The number of ether oxygens (including phenoxy) is 1. The summed E-state index contributed by atoms with van der Waals surface area (Å²) in [6.07, 6.45) is -3.86. The van der Waals surface area contributed by atoms with Crippen LogP contribution in [0, 0.1) is 5.92 Å². The molecule has 0 amide bonds. The van der Waals surface area contributed by atoms with Crippen LogP contribution in [0.15, 0.2) is 0 Å². The minimum atomic E-state index is -4.32. The summed E-state index contributed by atoms with van der Waals surface area (Å²) in [4.78, 5) is 13.4. The molecular formula is C12H19F4NO2S2. The third kappa shape index (κ3) is 7.30. The molecule has 0 saturated heterocycles. The lowest BCUT2D eigenvalue weighted by Gasteiger charge is -2.22. The van der Waals surface area contributed by atoms with Gasteiger partial charge in [-0.05, 0) is 13.8 Å². The largest absolute Gasteiger partial charge is 0.459 e. The Hall–Kier alpha value is -0.570. The number of carbonyl (C=O) groups is 1. The van der Waals surface area contributed by atoms with Gasteiger partial charge < -0.3 is 9.64 Å². The zero-order valence-electron chi connectivity index (χ0n) is 12.1. The quantitative estimate of drug-likeness (QED) is 0.381. The second-order valence-corrected chi connectivity index (χ2v) is 5.97. The van der Waals surface area contributed by atoms with E-state index in [9.17, 15) is 22.4 Å². The Morgan fingerprint density at radius 3 is 2.29 bits per heavy atom. The van der Waals surface area contributed by atoms with E-state index in [0.717, 1.165) is 13.1 Å². The topological polar surface area (TPSA) is 29.5 Å². The summed E-state index contributed by atoms with van der Waals surface area (Å²) >= 11 is 6.39. The fourth-order valence-electron chi connectivity index (χ4n) is 1.21. The van der Waals surface area contributed by atoms with Gasteiger partial charge in [-0.15, -0.1) is 0 Å². The number of nitrogens with zero attached hydrogens (tertiary/aromatic N) is 1. The van der Waals surface area contributed by atoms with Crippen LogP contribution < -0.4 is 0 Å². The van der Waals surface area contributed by atoms with Crippen molar-refractivity contribution >= 4 is 34.3 Å². The third-order valence-electron chi connectivity index (χ3n) is 2.61. The average Bonchev–Trinajstić information content (AvgIpc) is 2.43. The molecule has 0 aromatic carbocycles. The number of thioether (sulfide) groups is 1. The summed E-state index contributed by atoms with van der Waals surface area (Å²) in [5, 5.41) is 0. The van der Waals surface area contributed by atoms with Crippen molar-refractivity contribution in [2.24, 2.45) is 5.92 Å². The Balaban J connectivity index is 4.20. The lowest BCUT2D eigenvalue weighted by atomic mass is 10.2. The molecule has 0 saturated carbocycles. The highest BCUT2D eigenvalue weighted by atomic mass is 32.2. The van der Waals surface area contributed by atoms with Gasteiger partial charge in [0.1, 0.15) is 4.32 Å². The molecule has 1 atom stereocenters. The first-order valence-corrected chi connectivity index (χ1v) is 7.79. The minimum Gasteiger partial charge on any atom is -0.459 e. The lowest BCUT2D eigenvalue weighted by Crippen LogP contribution is -2.35. The number of halogens is 4. The van der Waals surface area contributed by atoms with E-state index >= 15 is 0 Å². The molecule has 0 aliphatic heterocycles. The Labute approximate surface area is 131 Å². The highest BCUT2D eigenvalue weighted by molar-refractivity contribution is 8.22. The molecule has 0 aliphatic carbocycles. The number of esters is 1. The fraction of sp³-hybridized carbons (Fsp3) is 0.833. The summed E-state index contributed by atoms with van der Waals surface area (Å²) in [6.45, 7) is 5.17. The molecule has 9 heteroatoms. The van der Waals surface area contributed by atoms with E-state index in [1.54, 1.807) is 0 Å². The van der Waals surface area contributed by atoms with Gasteiger partial charge in [0.25, 0.3) is 0 Å². The van der Waals surface area contributed by atoms with Crippen molar-refractivity contribution in [1.82, 2.24) is 4.90 Å². The second kappa shape index (κ2) is 9.45. The highest BCUT2D eigenvalue weighted by Crippen LogP contribution is 2.23. The van der Waals surface area contributed by atoms with Crippen LogP contribution in [0.25, 0.3) is 0 Å². The van der Waals surface area contributed by atoms with Gasteiger partial charge in [-0.25, -0.2) is 8.78 Å². The molecule has 0 aromatic heterocycles. The van der Waals surface area contributed by atoms with Gasteiger partial charge in [-0.1, -0.05) is 30.9 Å². The first kappa shape index (κ1) is 20.4. The predicted octanol–water partition coefficient (Wildman–Crippen LogP) is 3.43. The van der Waals surface area contributed by atoms with Crippen molar-refractivity contribution < 1.29 is 27.1 Å². The molecular weight excluding hydrogens is 330 g/mol. The molecule has 3 nitrogen and oxygen atoms in total. The molecule has 0 bridgehead atoms. The van der Waals surface area contributed by atoms with Crippen molar-refractivity contribution in [3.8, 4) is 0 Å². The SMILES string of the molecule is CCN(CC)C(=S)SCC(C)C(=O)OCC(F)(F)C(F)F. The van der Waals surface area contributed by atoms with Crippen molar-refractivity contribution in [3.63, 3.8) is 0 Å². The summed E-state index contributed by atoms with van der Waals surface area (Å²) in [5.41, 5.74) is 0. The van der Waals surface area contributed by atoms with E-state index in [-0.39, 0.29) is 5.75 Å². The van der Waals surface area contributed by atoms with E-state index in [4.69, 9.17) is 12.2 Å². The summed E-state index contributed by atoms with van der Waals surface area (Å²) in [5.74, 6) is -5.73. The van der Waals surface area contributed by atoms with Gasteiger partial charge in [-0.2, -0.15) is 8.78 Å². The van der Waals surface area contributed by atoms with Crippen LogP contribution in [0.3, 0.4) is 0 Å². The number of carbonyl (C=O) groups excluding carboxylic acids is 1. The van der Waals surface area contributed by atoms with Gasteiger partial charge >= 0.3 is 18.3 Å². The Kier molecular flexibility index (Phi) is 9.19. The van der Waals surface area contributed by atoms with E-state index in [0.29, 0.717) is 4.32 Å². The maximum absolute atomic E-state index is 12.6. The third-order valence-corrected chi connectivity index (χ3v) is 4.39. The molecule has 0 rings (SSSR count). The lowest BCUT2D eigenvalue weighted by molar-refractivity contribution is -0.181. The minimum absolute atomic E-state index is 0.244. The van der Waals surface area contributed by atoms with Crippen LogP contribution in [0.1, 0.15) is 20.8 Å². The zero-order valence-corrected chi connectivity index (χ0v) is 13.7. The average molecular weight is 349 g/mol. The molecule has 0 fully saturated rings. The molecule has 0 spiro atoms. The van der Waals surface area contributed by atoms with Gasteiger partial charge in [-0.3, -0.25) is 4.79 Å². The van der Waals surface area contributed by atoms with E-state index < -0.39 is 30.8 Å². The van der Waals surface area contributed by atoms with Gasteiger partial charge in [0.2, 0.25) is 0 Å². The molecule has 0 N–H and O–H groups in total. The summed E-state index contributed by atoms with van der Waals surface area (Å²) < 4.78 is 53.9. The predicted molar refractivity (Wildman–Crippen MR) is 79.1 cm³/mol. The molecule has 1 unspecified atom stereocenters. The van der Waals surface area contributed by atoms with Gasteiger partial charge in [0.15, 0.2) is 6.61 Å². The monoisotopic (exact) mass is 349 g/mol. The zero-order chi connectivity index (χ0) is 16.6. The van der Waals surface area contributed by atoms with Gasteiger partial charge in [0, 0.05) is 18.8 Å². The van der Waals surface area contributed by atoms with E-state index in [1.807, 2.05) is 18.7 Å². The first-order valence-electron chi connectivity index (χ1n) is 6.40. The van der Waals surface area contributed by atoms with Crippen molar-refractivity contribution in [2.75, 3.05) is 25.4 Å². The summed E-state index contributed by atoms with van der Waals surface area (Å²) in [6, 6.07) is 0.